The zero-order valence-electron chi connectivity index (χ0n) is 21.4. The molecule has 0 saturated heterocycles. The van der Waals surface area contributed by atoms with Gasteiger partial charge in [-0.2, -0.15) is 0 Å². The third kappa shape index (κ3) is 2.99. The van der Waals surface area contributed by atoms with Crippen LogP contribution in [0.3, 0.4) is 0 Å². The lowest BCUT2D eigenvalue weighted by atomic mass is 9.71. The van der Waals surface area contributed by atoms with Crippen molar-refractivity contribution in [1.82, 2.24) is 4.98 Å². The first-order valence-electron chi connectivity index (χ1n) is 13.3. The normalized spacial score (nSPS) is 15.8. The van der Waals surface area contributed by atoms with E-state index in [-0.39, 0.29) is 11.6 Å². The molecule has 8 rings (SSSR count). The average Bonchev–Trinajstić information content (AvgIpc) is 3.46. The number of nitrogens with zero attached hydrogens (tertiary/aromatic N) is 2. The highest BCUT2D eigenvalue weighted by atomic mass is 19.1. The maximum absolute atomic E-state index is 14.6. The van der Waals surface area contributed by atoms with Crippen molar-refractivity contribution in [2.24, 2.45) is 0 Å². The minimum absolute atomic E-state index is 0.352. The summed E-state index contributed by atoms with van der Waals surface area (Å²) in [5.74, 6) is -0.705. The van der Waals surface area contributed by atoms with Crippen LogP contribution in [0.1, 0.15) is 22.3 Å². The van der Waals surface area contributed by atoms with Gasteiger partial charge in [0.2, 0.25) is 0 Å². The smallest absolute Gasteiger partial charge is 0.125 e. The highest BCUT2D eigenvalue weighted by Crippen LogP contribution is 2.64. The fourth-order valence-electron chi connectivity index (χ4n) is 6.86. The fraction of sp³-hybridized carbons (Fsp3) is 0.0278. The number of anilines is 3. The molecule has 0 amide bonds. The van der Waals surface area contributed by atoms with Crippen LogP contribution in [0.25, 0.3) is 22.3 Å². The average molecular weight is 521 g/mol. The molecule has 2 nitrogen and oxygen atoms in total. The van der Waals surface area contributed by atoms with E-state index in [1.54, 1.807) is 12.1 Å². The Labute approximate surface area is 230 Å². The molecule has 0 radical (unpaired) electrons. The van der Waals surface area contributed by atoms with Gasteiger partial charge in [0.25, 0.3) is 0 Å². The van der Waals surface area contributed by atoms with Gasteiger partial charge in [0.15, 0.2) is 0 Å². The van der Waals surface area contributed by atoms with E-state index < -0.39 is 5.41 Å². The zero-order chi connectivity index (χ0) is 26.8. The molecule has 190 valence electrons. The lowest BCUT2D eigenvalue weighted by Gasteiger charge is -2.31. The van der Waals surface area contributed by atoms with Crippen LogP contribution >= 0.6 is 0 Å². The number of benzene rings is 5. The minimum Gasteiger partial charge on any atom is -0.310 e. The molecule has 0 bridgehead atoms. The van der Waals surface area contributed by atoms with Crippen molar-refractivity contribution >= 4 is 17.1 Å². The van der Waals surface area contributed by atoms with Gasteiger partial charge in [-0.3, -0.25) is 4.98 Å². The first-order chi connectivity index (χ1) is 19.7. The summed E-state index contributed by atoms with van der Waals surface area (Å²) in [4.78, 5) is 6.44. The van der Waals surface area contributed by atoms with Crippen molar-refractivity contribution in [3.8, 4) is 22.3 Å². The largest absolute Gasteiger partial charge is 0.310 e. The van der Waals surface area contributed by atoms with E-state index in [0.717, 1.165) is 27.9 Å². The Kier molecular flexibility index (Phi) is 4.83. The van der Waals surface area contributed by atoms with Gasteiger partial charge in [-0.25, -0.2) is 8.78 Å². The topological polar surface area (TPSA) is 16.1 Å². The monoisotopic (exact) mass is 520 g/mol. The lowest BCUT2D eigenvalue weighted by molar-refractivity contribution is 0.627. The standard InChI is InChI=1S/C36H22F2N2/c37-23-8-5-10-25(20-23)40(26-11-6-9-24(38)21-26)34-17-7-16-33-35(34)28-13-2-4-15-31(28)36(33)30-14-3-1-12-27(30)29-22-39-19-18-32(29)36/h1-22H. The number of pyridine rings is 1. The van der Waals surface area contributed by atoms with E-state index in [1.165, 1.54) is 46.5 Å². The van der Waals surface area contributed by atoms with Gasteiger partial charge in [0.1, 0.15) is 11.6 Å². The first-order valence-corrected chi connectivity index (χ1v) is 13.3. The minimum atomic E-state index is -0.535. The highest BCUT2D eigenvalue weighted by molar-refractivity contribution is 6.00. The van der Waals surface area contributed by atoms with Gasteiger partial charge in [-0.1, -0.05) is 72.8 Å². The third-order valence-electron chi connectivity index (χ3n) is 8.27. The number of rotatable bonds is 3. The maximum atomic E-state index is 14.6. The molecule has 1 spiro atoms. The van der Waals surface area contributed by atoms with Gasteiger partial charge in [0, 0.05) is 34.9 Å². The SMILES string of the molecule is Fc1cccc(N(c2cccc(F)c2)c2cccc3c2-c2ccccc2C32c3ccccc3-c3cnccc32)c1. The Morgan fingerprint density at radius 3 is 1.80 bits per heavy atom. The summed E-state index contributed by atoms with van der Waals surface area (Å²) in [7, 11) is 0. The molecule has 6 aromatic rings. The van der Waals surface area contributed by atoms with E-state index in [4.69, 9.17) is 0 Å². The molecular weight excluding hydrogens is 498 g/mol. The summed E-state index contributed by atoms with van der Waals surface area (Å²) in [6, 6.07) is 38.4. The molecular formula is C36H22F2N2. The molecule has 1 heterocycles. The third-order valence-corrected chi connectivity index (χ3v) is 8.27. The van der Waals surface area contributed by atoms with Gasteiger partial charge in [0.05, 0.1) is 11.1 Å². The molecule has 1 aromatic heterocycles. The van der Waals surface area contributed by atoms with Crippen molar-refractivity contribution in [2.75, 3.05) is 4.90 Å². The van der Waals surface area contributed by atoms with Crippen LogP contribution in [0.4, 0.5) is 25.8 Å². The maximum Gasteiger partial charge on any atom is 0.125 e. The molecule has 40 heavy (non-hydrogen) atoms. The Morgan fingerprint density at radius 2 is 1.10 bits per heavy atom. The Bertz CT molecular complexity index is 1870. The summed E-state index contributed by atoms with van der Waals surface area (Å²) < 4.78 is 29.2. The van der Waals surface area contributed by atoms with Crippen molar-refractivity contribution in [2.45, 2.75) is 5.41 Å². The molecule has 1 atom stereocenters. The molecule has 5 aromatic carbocycles. The molecule has 1 unspecified atom stereocenters. The second-order valence-corrected chi connectivity index (χ2v) is 10.3. The Hall–Kier alpha value is -5.09. The van der Waals surface area contributed by atoms with Gasteiger partial charge in [-0.05, 0) is 81.9 Å². The van der Waals surface area contributed by atoms with Crippen LogP contribution in [0.5, 0.6) is 0 Å². The van der Waals surface area contributed by atoms with E-state index in [1.807, 2.05) is 35.5 Å². The summed E-state index contributed by atoms with van der Waals surface area (Å²) in [5, 5.41) is 0. The van der Waals surface area contributed by atoms with Crippen LogP contribution in [0, 0.1) is 11.6 Å². The number of halogens is 2. The quantitative estimate of drug-likeness (QED) is 0.231. The number of aromatic nitrogens is 1. The van der Waals surface area contributed by atoms with Crippen molar-refractivity contribution in [1.29, 1.82) is 0 Å². The molecule has 2 aliphatic rings. The predicted molar refractivity (Wildman–Crippen MR) is 155 cm³/mol. The van der Waals surface area contributed by atoms with Crippen molar-refractivity contribution < 1.29 is 8.78 Å². The number of hydrogen-bond acceptors (Lipinski definition) is 2. The van der Waals surface area contributed by atoms with Gasteiger partial charge >= 0.3 is 0 Å². The second-order valence-electron chi connectivity index (χ2n) is 10.3. The Balaban J connectivity index is 1.50. The first kappa shape index (κ1) is 22.9. The van der Waals surface area contributed by atoms with Crippen molar-refractivity contribution in [3.63, 3.8) is 0 Å². The number of hydrogen-bond donors (Lipinski definition) is 0. The zero-order valence-corrected chi connectivity index (χ0v) is 21.4. The van der Waals surface area contributed by atoms with E-state index in [2.05, 4.69) is 71.7 Å². The van der Waals surface area contributed by atoms with Crippen LogP contribution in [-0.2, 0) is 5.41 Å². The van der Waals surface area contributed by atoms with Crippen LogP contribution in [-0.4, -0.2) is 4.98 Å². The Morgan fingerprint density at radius 1 is 0.525 bits per heavy atom. The summed E-state index contributed by atoms with van der Waals surface area (Å²) in [6.07, 6.45) is 3.82. The van der Waals surface area contributed by atoms with Crippen LogP contribution in [0.2, 0.25) is 0 Å². The van der Waals surface area contributed by atoms with Gasteiger partial charge in [-0.15, -0.1) is 0 Å². The van der Waals surface area contributed by atoms with Crippen molar-refractivity contribution in [3.05, 3.63) is 168 Å². The van der Waals surface area contributed by atoms with Gasteiger partial charge < -0.3 is 4.90 Å². The molecule has 0 aliphatic heterocycles. The molecule has 4 heteroatoms. The number of fused-ring (bicyclic) bond motifs is 10. The predicted octanol–water partition coefficient (Wildman–Crippen LogP) is 9.17. The molecule has 0 saturated carbocycles. The van der Waals surface area contributed by atoms with Crippen LogP contribution in [0.15, 0.2) is 134 Å². The summed E-state index contributed by atoms with van der Waals surface area (Å²) in [5.41, 5.74) is 10.7. The molecule has 0 fully saturated rings. The molecule has 2 aliphatic carbocycles. The van der Waals surface area contributed by atoms with E-state index >= 15 is 0 Å². The second kappa shape index (κ2) is 8.45. The molecule has 0 N–H and O–H groups in total. The fourth-order valence-corrected chi connectivity index (χ4v) is 6.86. The van der Waals surface area contributed by atoms with E-state index in [9.17, 15) is 8.78 Å². The van der Waals surface area contributed by atoms with E-state index in [0.29, 0.717) is 11.4 Å². The summed E-state index contributed by atoms with van der Waals surface area (Å²) in [6.45, 7) is 0. The lowest BCUT2D eigenvalue weighted by Crippen LogP contribution is -2.26. The highest BCUT2D eigenvalue weighted by Gasteiger charge is 2.52. The summed E-state index contributed by atoms with van der Waals surface area (Å²) >= 11 is 0. The van der Waals surface area contributed by atoms with Crippen LogP contribution < -0.4 is 4.90 Å².